The van der Waals surface area contributed by atoms with Gasteiger partial charge < -0.3 is 24.8 Å². The molecule has 0 saturated heterocycles. The maximum atomic E-state index is 11.7. The molecule has 0 atom stereocenters. The number of benzene rings is 1. The summed E-state index contributed by atoms with van der Waals surface area (Å²) in [5.74, 6) is -2.00. The number of fused-ring (bicyclic) bond motifs is 1. The van der Waals surface area contributed by atoms with Crippen molar-refractivity contribution in [1.82, 2.24) is 0 Å². The first-order chi connectivity index (χ1) is 10.9. The van der Waals surface area contributed by atoms with E-state index in [2.05, 4.69) is 0 Å². The SMILES string of the molecule is COc1c(O)c2c(c(O)c1C/C=C(\C)CCC(=O)O)C(=O)OC2. The molecule has 23 heavy (non-hydrogen) atoms. The van der Waals surface area contributed by atoms with E-state index in [9.17, 15) is 19.8 Å². The van der Waals surface area contributed by atoms with Gasteiger partial charge >= 0.3 is 11.9 Å². The van der Waals surface area contributed by atoms with Gasteiger partial charge in [-0.2, -0.15) is 0 Å². The Morgan fingerprint density at radius 2 is 2.00 bits per heavy atom. The molecule has 0 fully saturated rings. The largest absolute Gasteiger partial charge is 0.507 e. The highest BCUT2D eigenvalue weighted by Gasteiger charge is 2.33. The van der Waals surface area contributed by atoms with Crippen LogP contribution in [-0.2, 0) is 22.6 Å². The monoisotopic (exact) mass is 322 g/mol. The Morgan fingerprint density at radius 1 is 1.30 bits per heavy atom. The standard InChI is InChI=1S/C16H18O7/c1-8(4-6-11(17)18)3-5-9-13(19)12-10(7-23-16(12)21)14(20)15(9)22-2/h3,19-20H,4-7H2,1-2H3,(H,17,18)/b8-3+. The molecule has 0 saturated carbocycles. The number of ether oxygens (including phenoxy) is 2. The highest BCUT2D eigenvalue weighted by Crippen LogP contribution is 2.46. The summed E-state index contributed by atoms with van der Waals surface area (Å²) < 4.78 is 9.98. The first kappa shape index (κ1) is 16.7. The number of aromatic hydroxyl groups is 2. The Bertz CT molecular complexity index is 688. The number of allylic oxidation sites excluding steroid dienone is 2. The van der Waals surface area contributed by atoms with Crippen LogP contribution >= 0.6 is 0 Å². The van der Waals surface area contributed by atoms with Gasteiger partial charge in [0, 0.05) is 12.0 Å². The van der Waals surface area contributed by atoms with Gasteiger partial charge in [0.1, 0.15) is 17.9 Å². The van der Waals surface area contributed by atoms with Gasteiger partial charge in [-0.05, 0) is 19.8 Å². The zero-order valence-corrected chi connectivity index (χ0v) is 12.9. The van der Waals surface area contributed by atoms with Crippen LogP contribution in [0.3, 0.4) is 0 Å². The smallest absolute Gasteiger partial charge is 0.342 e. The minimum Gasteiger partial charge on any atom is -0.507 e. The lowest BCUT2D eigenvalue weighted by atomic mass is 9.98. The molecule has 1 aromatic carbocycles. The summed E-state index contributed by atoms with van der Waals surface area (Å²) >= 11 is 0. The number of carboxylic acids is 1. The summed E-state index contributed by atoms with van der Waals surface area (Å²) in [6.45, 7) is 1.66. The minimum absolute atomic E-state index is 0.00716. The summed E-state index contributed by atoms with van der Waals surface area (Å²) in [5, 5.41) is 29.2. The molecular formula is C16H18O7. The van der Waals surface area contributed by atoms with Crippen LogP contribution in [0.1, 0.15) is 41.3 Å². The summed E-state index contributed by atoms with van der Waals surface area (Å²) in [5.41, 5.74) is 1.24. The molecule has 124 valence electrons. The highest BCUT2D eigenvalue weighted by atomic mass is 16.5. The highest BCUT2D eigenvalue weighted by molar-refractivity contribution is 5.98. The van der Waals surface area contributed by atoms with E-state index in [0.29, 0.717) is 6.42 Å². The van der Waals surface area contributed by atoms with Crippen LogP contribution in [0.4, 0.5) is 0 Å². The van der Waals surface area contributed by atoms with Crippen LogP contribution in [0, 0.1) is 0 Å². The summed E-state index contributed by atoms with van der Waals surface area (Å²) in [6.07, 6.45) is 2.30. The molecule has 0 amide bonds. The Kier molecular flexibility index (Phi) is 4.78. The van der Waals surface area contributed by atoms with Gasteiger partial charge in [-0.3, -0.25) is 4.79 Å². The number of hydrogen-bond acceptors (Lipinski definition) is 6. The Labute approximate surface area is 132 Å². The lowest BCUT2D eigenvalue weighted by molar-refractivity contribution is -0.136. The third-order valence-electron chi connectivity index (χ3n) is 3.74. The number of carbonyl (C=O) groups excluding carboxylic acids is 1. The quantitative estimate of drug-likeness (QED) is 0.417. The Hall–Kier alpha value is -2.70. The van der Waals surface area contributed by atoms with Crippen LogP contribution in [-0.4, -0.2) is 34.4 Å². The fraction of sp³-hybridized carbons (Fsp3) is 0.375. The van der Waals surface area contributed by atoms with Crippen LogP contribution in [0.2, 0.25) is 0 Å². The minimum atomic E-state index is -0.893. The predicted molar refractivity (Wildman–Crippen MR) is 79.8 cm³/mol. The van der Waals surface area contributed by atoms with Gasteiger partial charge in [0.25, 0.3) is 0 Å². The second kappa shape index (κ2) is 6.60. The molecule has 1 aromatic rings. The van der Waals surface area contributed by atoms with Crippen LogP contribution < -0.4 is 4.74 Å². The number of methoxy groups -OCH3 is 1. The van der Waals surface area contributed by atoms with Crippen molar-refractivity contribution in [3.8, 4) is 17.2 Å². The van der Waals surface area contributed by atoms with E-state index in [-0.39, 0.29) is 53.4 Å². The summed E-state index contributed by atoms with van der Waals surface area (Å²) in [6, 6.07) is 0. The Balaban J connectivity index is 2.37. The molecular weight excluding hydrogens is 304 g/mol. The molecule has 3 N–H and O–H groups in total. The fourth-order valence-corrected chi connectivity index (χ4v) is 2.46. The zero-order valence-electron chi connectivity index (χ0n) is 12.9. The molecule has 1 heterocycles. The van der Waals surface area contributed by atoms with Crippen molar-refractivity contribution in [1.29, 1.82) is 0 Å². The zero-order chi connectivity index (χ0) is 17.1. The number of cyclic esters (lactones) is 1. The van der Waals surface area contributed by atoms with Crippen molar-refractivity contribution < 1.29 is 34.4 Å². The number of esters is 1. The Morgan fingerprint density at radius 3 is 2.61 bits per heavy atom. The second-order valence-electron chi connectivity index (χ2n) is 5.29. The number of phenolic OH excluding ortho intramolecular Hbond substituents is 2. The predicted octanol–water partition coefficient (Wildman–Crippen LogP) is 2.13. The van der Waals surface area contributed by atoms with Crippen molar-refractivity contribution in [2.75, 3.05) is 7.11 Å². The molecule has 0 radical (unpaired) electrons. The molecule has 0 aliphatic carbocycles. The maximum Gasteiger partial charge on any atom is 0.342 e. The molecule has 0 aromatic heterocycles. The lowest BCUT2D eigenvalue weighted by Crippen LogP contribution is -2.01. The van der Waals surface area contributed by atoms with Gasteiger partial charge in [-0.15, -0.1) is 0 Å². The van der Waals surface area contributed by atoms with Gasteiger partial charge in [0.2, 0.25) is 0 Å². The number of carboxylic acid groups (broad SMARTS) is 1. The van der Waals surface area contributed by atoms with Gasteiger partial charge in [-0.1, -0.05) is 11.6 Å². The van der Waals surface area contributed by atoms with Gasteiger partial charge in [-0.25, -0.2) is 4.79 Å². The number of phenols is 2. The van der Waals surface area contributed by atoms with Crippen LogP contribution in [0.15, 0.2) is 11.6 Å². The molecule has 7 heteroatoms. The first-order valence-corrected chi connectivity index (χ1v) is 7.05. The third-order valence-corrected chi connectivity index (χ3v) is 3.74. The third kappa shape index (κ3) is 3.23. The molecule has 1 aliphatic rings. The van der Waals surface area contributed by atoms with E-state index >= 15 is 0 Å². The van der Waals surface area contributed by atoms with E-state index in [1.807, 2.05) is 0 Å². The number of aliphatic carboxylic acids is 1. The van der Waals surface area contributed by atoms with Crippen molar-refractivity contribution in [3.63, 3.8) is 0 Å². The van der Waals surface area contributed by atoms with E-state index in [1.165, 1.54) is 7.11 Å². The molecule has 1 aliphatic heterocycles. The first-order valence-electron chi connectivity index (χ1n) is 7.05. The van der Waals surface area contributed by atoms with E-state index in [0.717, 1.165) is 5.57 Å². The topological polar surface area (TPSA) is 113 Å². The number of rotatable bonds is 6. The molecule has 2 rings (SSSR count). The number of hydrogen-bond donors (Lipinski definition) is 3. The van der Waals surface area contributed by atoms with Crippen LogP contribution in [0.25, 0.3) is 0 Å². The average Bonchev–Trinajstić information content (AvgIpc) is 2.89. The lowest BCUT2D eigenvalue weighted by Gasteiger charge is -2.14. The average molecular weight is 322 g/mol. The van der Waals surface area contributed by atoms with Crippen molar-refractivity contribution in [3.05, 3.63) is 28.3 Å². The van der Waals surface area contributed by atoms with Crippen molar-refractivity contribution in [2.24, 2.45) is 0 Å². The molecule has 7 nitrogen and oxygen atoms in total. The van der Waals surface area contributed by atoms with Crippen molar-refractivity contribution >= 4 is 11.9 Å². The normalized spacial score (nSPS) is 13.7. The van der Waals surface area contributed by atoms with E-state index < -0.39 is 11.9 Å². The second-order valence-corrected chi connectivity index (χ2v) is 5.29. The molecule has 0 unspecified atom stereocenters. The summed E-state index contributed by atoms with van der Waals surface area (Å²) in [4.78, 5) is 22.3. The van der Waals surface area contributed by atoms with Gasteiger partial charge in [0.15, 0.2) is 11.5 Å². The summed E-state index contributed by atoms with van der Waals surface area (Å²) in [7, 11) is 1.35. The van der Waals surface area contributed by atoms with E-state index in [1.54, 1.807) is 13.0 Å². The van der Waals surface area contributed by atoms with Crippen molar-refractivity contribution in [2.45, 2.75) is 32.8 Å². The molecule has 0 bridgehead atoms. The molecule has 0 spiro atoms. The number of carbonyl (C=O) groups is 2. The van der Waals surface area contributed by atoms with E-state index in [4.69, 9.17) is 14.6 Å². The van der Waals surface area contributed by atoms with Gasteiger partial charge in [0.05, 0.1) is 12.7 Å². The maximum absolute atomic E-state index is 11.7. The van der Waals surface area contributed by atoms with Crippen LogP contribution in [0.5, 0.6) is 17.2 Å². The fourth-order valence-electron chi connectivity index (χ4n) is 2.46.